The molecule has 17 heteroatoms. The summed E-state index contributed by atoms with van der Waals surface area (Å²) in [6.45, 7) is 0.770. The summed E-state index contributed by atoms with van der Waals surface area (Å²) in [5, 5.41) is 111. The molecule has 0 unspecified atom stereocenters. The molecule has 2 aromatic carbocycles. The summed E-state index contributed by atoms with van der Waals surface area (Å²) in [5.74, 6) is -6.21. The van der Waals surface area contributed by atoms with Crippen molar-refractivity contribution in [2.24, 2.45) is 0 Å². The third-order valence-corrected chi connectivity index (χ3v) is 7.46. The normalized spacial score (nSPS) is 32.5. The van der Waals surface area contributed by atoms with Crippen molar-refractivity contribution in [2.75, 3.05) is 6.61 Å². The molecule has 17 nitrogen and oxygen atoms in total. The van der Waals surface area contributed by atoms with Crippen molar-refractivity contribution in [3.8, 4) is 45.8 Å². The molecule has 3 aromatic rings. The van der Waals surface area contributed by atoms with Crippen LogP contribution in [0.2, 0.25) is 0 Å². The monoisotopic (exact) mass is 626 g/mol. The lowest BCUT2D eigenvalue weighted by molar-refractivity contribution is -0.318. The van der Waals surface area contributed by atoms with Gasteiger partial charge in [0, 0.05) is 5.56 Å². The molecule has 0 spiro atoms. The highest BCUT2D eigenvalue weighted by molar-refractivity contribution is 5.95. The first kappa shape index (κ1) is 31.5. The van der Waals surface area contributed by atoms with Crippen molar-refractivity contribution >= 4 is 11.0 Å². The minimum absolute atomic E-state index is 0.0346. The average Bonchev–Trinajstić information content (AvgIpc) is 3.00. The van der Waals surface area contributed by atoms with Gasteiger partial charge in [0.25, 0.3) is 0 Å². The Morgan fingerprint density at radius 3 is 1.95 bits per heavy atom. The fraction of sp³-hybridized carbons (Fsp3) is 0.444. The summed E-state index contributed by atoms with van der Waals surface area (Å²) in [6, 6.07) is 4.93. The summed E-state index contributed by atoms with van der Waals surface area (Å²) in [7, 11) is 0. The molecule has 2 aliphatic heterocycles. The standard InChI is InChI=1S/C27H30O17/c1-7-12(29)16(33)21(38)26(41-7)40-6-10-13(30)17(34)22(39)27(42-10)44-25-15(32)11-14(31)18(35)19(36)20(37)24(11)43-23(25)8-2-4-9(28)5-3-8/h2-5,7,10,12-13,16-17,21-22,26-31,33-39H,6H2,1H3/t7-,10+,12-,13+,16-,17+,21-,22+,26+,27-/m0/s1. The van der Waals surface area contributed by atoms with E-state index >= 15 is 0 Å². The average molecular weight is 627 g/mol. The quantitative estimate of drug-likeness (QED) is 0.104. The molecule has 0 radical (unpaired) electrons. The summed E-state index contributed by atoms with van der Waals surface area (Å²) < 4.78 is 27.6. The Morgan fingerprint density at radius 1 is 0.705 bits per heavy atom. The molecule has 0 amide bonds. The van der Waals surface area contributed by atoms with E-state index < -0.39 is 119 Å². The van der Waals surface area contributed by atoms with Crippen molar-refractivity contribution in [2.45, 2.75) is 68.3 Å². The second-order valence-corrected chi connectivity index (χ2v) is 10.4. The second kappa shape index (κ2) is 11.9. The van der Waals surface area contributed by atoms with Gasteiger partial charge in [-0.1, -0.05) is 0 Å². The number of hydrogen-bond donors (Lipinski definition) is 11. The Balaban J connectivity index is 1.51. The predicted molar refractivity (Wildman–Crippen MR) is 142 cm³/mol. The molecule has 5 rings (SSSR count). The van der Waals surface area contributed by atoms with Crippen LogP contribution in [0.15, 0.2) is 33.5 Å². The third kappa shape index (κ3) is 5.34. The first-order valence-corrected chi connectivity index (χ1v) is 13.2. The van der Waals surface area contributed by atoms with Crippen LogP contribution in [0.1, 0.15) is 6.92 Å². The fourth-order valence-electron chi connectivity index (χ4n) is 4.87. The SMILES string of the molecule is C[C@@H]1O[C@@H](OC[C@H]2O[C@@H](Oc3c(-c4ccc(O)cc4)oc4c(O)c(O)c(O)c(O)c4c3=O)[C@H](O)[C@H](O)[C@@H]2O)[C@@H](O)[C@@H](O)[C@H]1O. The number of aliphatic hydroxyl groups excluding tert-OH is 6. The highest BCUT2D eigenvalue weighted by Gasteiger charge is 2.48. The lowest BCUT2D eigenvalue weighted by atomic mass is 9.98. The van der Waals surface area contributed by atoms with Gasteiger partial charge in [-0.2, -0.15) is 0 Å². The molecule has 3 heterocycles. The van der Waals surface area contributed by atoms with Crippen LogP contribution >= 0.6 is 0 Å². The number of rotatable bonds is 6. The van der Waals surface area contributed by atoms with Crippen molar-refractivity contribution in [3.05, 3.63) is 34.5 Å². The summed E-state index contributed by atoms with van der Waals surface area (Å²) in [5.41, 5.74) is -1.98. The van der Waals surface area contributed by atoms with Gasteiger partial charge in [-0.25, -0.2) is 0 Å². The number of phenols is 5. The lowest BCUT2D eigenvalue weighted by Gasteiger charge is -2.42. The Bertz CT molecular complexity index is 1570. The maximum Gasteiger partial charge on any atom is 0.239 e. The van der Waals surface area contributed by atoms with E-state index in [0.29, 0.717) is 0 Å². The van der Waals surface area contributed by atoms with Crippen LogP contribution in [0.5, 0.6) is 34.5 Å². The van der Waals surface area contributed by atoms with Gasteiger partial charge in [0.2, 0.25) is 34.7 Å². The number of ether oxygens (including phenoxy) is 4. The minimum Gasteiger partial charge on any atom is -0.508 e. The van der Waals surface area contributed by atoms with Gasteiger partial charge in [0.05, 0.1) is 12.7 Å². The number of aromatic hydroxyl groups is 5. The van der Waals surface area contributed by atoms with Gasteiger partial charge < -0.3 is 79.5 Å². The van der Waals surface area contributed by atoms with Crippen LogP contribution in [0.25, 0.3) is 22.3 Å². The van der Waals surface area contributed by atoms with Crippen LogP contribution < -0.4 is 10.2 Å². The molecule has 2 aliphatic rings. The minimum atomic E-state index is -2.02. The first-order chi connectivity index (χ1) is 20.7. The van der Waals surface area contributed by atoms with Crippen LogP contribution in [0.4, 0.5) is 0 Å². The maximum atomic E-state index is 13.6. The maximum absolute atomic E-state index is 13.6. The van der Waals surface area contributed by atoms with Crippen molar-refractivity contribution in [1.82, 2.24) is 0 Å². The number of aliphatic hydroxyl groups is 6. The zero-order chi connectivity index (χ0) is 32.2. The Hall–Kier alpha value is -3.91. The van der Waals surface area contributed by atoms with E-state index in [-0.39, 0.29) is 11.3 Å². The van der Waals surface area contributed by atoms with E-state index in [1.54, 1.807) is 0 Å². The molecule has 0 bridgehead atoms. The third-order valence-electron chi connectivity index (χ3n) is 7.46. The first-order valence-electron chi connectivity index (χ1n) is 13.2. The molecule has 240 valence electrons. The van der Waals surface area contributed by atoms with Crippen LogP contribution in [0, 0.1) is 0 Å². The smallest absolute Gasteiger partial charge is 0.239 e. The van der Waals surface area contributed by atoms with Gasteiger partial charge in [-0.05, 0) is 31.2 Å². The molecular weight excluding hydrogens is 596 g/mol. The molecule has 1 aromatic heterocycles. The van der Waals surface area contributed by atoms with Gasteiger partial charge in [0.15, 0.2) is 23.4 Å². The summed E-state index contributed by atoms with van der Waals surface area (Å²) in [6.07, 6.45) is -16.5. The van der Waals surface area contributed by atoms with E-state index in [1.807, 2.05) is 0 Å². The molecule has 10 atom stereocenters. The summed E-state index contributed by atoms with van der Waals surface area (Å²) >= 11 is 0. The number of benzene rings is 2. The Labute approximate surface area is 246 Å². The topological polar surface area (TPSA) is 290 Å². The Kier molecular flexibility index (Phi) is 8.51. The lowest BCUT2D eigenvalue weighted by Crippen LogP contribution is -2.61. The molecule has 44 heavy (non-hydrogen) atoms. The Morgan fingerprint density at radius 2 is 1.30 bits per heavy atom. The second-order valence-electron chi connectivity index (χ2n) is 10.4. The van der Waals surface area contributed by atoms with Gasteiger partial charge in [0.1, 0.15) is 53.9 Å². The molecule has 2 fully saturated rings. The molecule has 0 aliphatic carbocycles. The van der Waals surface area contributed by atoms with E-state index in [2.05, 4.69) is 0 Å². The number of fused-ring (bicyclic) bond motifs is 1. The van der Waals surface area contributed by atoms with E-state index in [1.165, 1.54) is 31.2 Å². The zero-order valence-corrected chi connectivity index (χ0v) is 22.7. The van der Waals surface area contributed by atoms with Crippen LogP contribution in [-0.4, -0.2) is 124 Å². The fourth-order valence-corrected chi connectivity index (χ4v) is 4.87. The predicted octanol–water partition coefficient (Wildman–Crippen LogP) is -1.98. The number of hydrogen-bond acceptors (Lipinski definition) is 17. The van der Waals surface area contributed by atoms with E-state index in [9.17, 15) is 61.0 Å². The van der Waals surface area contributed by atoms with Crippen molar-refractivity contribution in [3.63, 3.8) is 0 Å². The van der Waals surface area contributed by atoms with Gasteiger partial charge in [-0.3, -0.25) is 4.79 Å². The molecule has 0 saturated carbocycles. The van der Waals surface area contributed by atoms with E-state index in [0.717, 1.165) is 0 Å². The highest BCUT2D eigenvalue weighted by atomic mass is 16.7. The van der Waals surface area contributed by atoms with Gasteiger partial charge in [-0.15, -0.1) is 0 Å². The molecule has 2 saturated heterocycles. The van der Waals surface area contributed by atoms with Crippen molar-refractivity contribution in [1.29, 1.82) is 0 Å². The molecular formula is C27H30O17. The number of phenolic OH excluding ortho intramolecular Hbond substituents is 5. The zero-order valence-electron chi connectivity index (χ0n) is 22.7. The van der Waals surface area contributed by atoms with Crippen LogP contribution in [0.3, 0.4) is 0 Å². The van der Waals surface area contributed by atoms with Crippen LogP contribution in [-0.2, 0) is 14.2 Å². The van der Waals surface area contributed by atoms with Gasteiger partial charge >= 0.3 is 0 Å². The summed E-state index contributed by atoms with van der Waals surface area (Å²) in [4.78, 5) is 13.6. The van der Waals surface area contributed by atoms with E-state index in [4.69, 9.17) is 23.4 Å². The largest absolute Gasteiger partial charge is 0.508 e. The highest BCUT2D eigenvalue weighted by Crippen LogP contribution is 2.49. The van der Waals surface area contributed by atoms with Crippen molar-refractivity contribution < 1.29 is 79.5 Å². The molecule has 11 N–H and O–H groups in total.